The number of hydrogen-bond donors (Lipinski definition) is 0. The van der Waals surface area contributed by atoms with Gasteiger partial charge in [-0.1, -0.05) is 36.4 Å². The zero-order valence-corrected chi connectivity index (χ0v) is 10.6. The summed E-state index contributed by atoms with van der Waals surface area (Å²) in [6.45, 7) is 2.72. The van der Waals surface area contributed by atoms with Crippen molar-refractivity contribution in [1.29, 1.82) is 0 Å². The molecule has 0 bridgehead atoms. The standard InChI is InChI=1S/C16H18O2/c1-2-17-16-10-9-15(18-16)14-8-7-12-5-3-4-6-13(12)11-14/h3-8,11,15-16H,2,9-10H2,1H3/t15-,16+/m1/s1. The minimum atomic E-state index is -0.0218. The first-order valence-electron chi connectivity index (χ1n) is 6.62. The van der Waals surface area contributed by atoms with Gasteiger partial charge in [0.15, 0.2) is 6.29 Å². The molecule has 0 amide bonds. The van der Waals surface area contributed by atoms with Crippen LogP contribution in [0.3, 0.4) is 0 Å². The van der Waals surface area contributed by atoms with Crippen LogP contribution in [0.2, 0.25) is 0 Å². The van der Waals surface area contributed by atoms with E-state index in [1.54, 1.807) is 0 Å². The molecule has 1 aliphatic heterocycles. The molecule has 2 nitrogen and oxygen atoms in total. The molecule has 0 aromatic heterocycles. The largest absolute Gasteiger partial charge is 0.353 e. The maximum Gasteiger partial charge on any atom is 0.158 e. The molecule has 0 radical (unpaired) electrons. The van der Waals surface area contributed by atoms with Gasteiger partial charge in [-0.2, -0.15) is 0 Å². The maximum absolute atomic E-state index is 5.91. The summed E-state index contributed by atoms with van der Waals surface area (Å²) < 4.78 is 11.4. The fraction of sp³-hybridized carbons (Fsp3) is 0.375. The lowest BCUT2D eigenvalue weighted by Crippen LogP contribution is -2.10. The lowest BCUT2D eigenvalue weighted by Gasteiger charge is -2.14. The fourth-order valence-electron chi connectivity index (χ4n) is 2.57. The third kappa shape index (κ3) is 2.26. The van der Waals surface area contributed by atoms with Gasteiger partial charge in [-0.15, -0.1) is 0 Å². The number of benzene rings is 2. The van der Waals surface area contributed by atoms with Gasteiger partial charge < -0.3 is 9.47 Å². The lowest BCUT2D eigenvalue weighted by atomic mass is 10.0. The topological polar surface area (TPSA) is 18.5 Å². The van der Waals surface area contributed by atoms with Crippen LogP contribution in [0, 0.1) is 0 Å². The Kier molecular flexibility index (Phi) is 3.31. The van der Waals surface area contributed by atoms with E-state index in [4.69, 9.17) is 9.47 Å². The second-order valence-electron chi connectivity index (χ2n) is 4.69. The van der Waals surface area contributed by atoms with Gasteiger partial charge in [0.05, 0.1) is 6.10 Å². The molecule has 2 heteroatoms. The number of hydrogen-bond acceptors (Lipinski definition) is 2. The van der Waals surface area contributed by atoms with Gasteiger partial charge in [-0.3, -0.25) is 0 Å². The van der Waals surface area contributed by atoms with Crippen LogP contribution in [0.15, 0.2) is 42.5 Å². The van der Waals surface area contributed by atoms with Crippen molar-refractivity contribution in [2.24, 2.45) is 0 Å². The molecule has 0 aliphatic carbocycles. The molecular weight excluding hydrogens is 224 g/mol. The summed E-state index contributed by atoms with van der Waals surface area (Å²) in [6.07, 6.45) is 2.20. The molecule has 2 atom stereocenters. The smallest absolute Gasteiger partial charge is 0.158 e. The Labute approximate surface area is 108 Å². The van der Waals surface area contributed by atoms with E-state index in [-0.39, 0.29) is 12.4 Å². The predicted molar refractivity (Wildman–Crippen MR) is 72.4 cm³/mol. The molecule has 3 rings (SSSR count). The van der Waals surface area contributed by atoms with Gasteiger partial charge in [-0.25, -0.2) is 0 Å². The van der Waals surface area contributed by atoms with Crippen molar-refractivity contribution in [2.75, 3.05) is 6.61 Å². The Hall–Kier alpha value is -1.38. The molecule has 2 aromatic rings. The predicted octanol–water partition coefficient (Wildman–Crippen LogP) is 4.05. The van der Waals surface area contributed by atoms with E-state index in [2.05, 4.69) is 42.5 Å². The Morgan fingerprint density at radius 3 is 2.78 bits per heavy atom. The molecular formula is C16H18O2. The first-order valence-corrected chi connectivity index (χ1v) is 6.62. The molecule has 94 valence electrons. The molecule has 18 heavy (non-hydrogen) atoms. The van der Waals surface area contributed by atoms with Gasteiger partial charge in [-0.05, 0) is 35.7 Å². The Bertz CT molecular complexity index is 535. The normalized spacial score (nSPS) is 23.6. The highest BCUT2D eigenvalue weighted by Gasteiger charge is 2.26. The highest BCUT2D eigenvalue weighted by molar-refractivity contribution is 5.83. The summed E-state index contributed by atoms with van der Waals surface area (Å²) in [6, 6.07) is 15.0. The van der Waals surface area contributed by atoms with Gasteiger partial charge in [0.25, 0.3) is 0 Å². The molecule has 0 N–H and O–H groups in total. The maximum atomic E-state index is 5.91. The van der Waals surface area contributed by atoms with Crippen LogP contribution in [0.4, 0.5) is 0 Å². The Morgan fingerprint density at radius 2 is 1.94 bits per heavy atom. The van der Waals surface area contributed by atoms with Gasteiger partial charge in [0.2, 0.25) is 0 Å². The molecule has 0 saturated carbocycles. The summed E-state index contributed by atoms with van der Waals surface area (Å²) in [7, 11) is 0. The van der Waals surface area contributed by atoms with Crippen LogP contribution in [0.5, 0.6) is 0 Å². The molecule has 1 fully saturated rings. The average molecular weight is 242 g/mol. The first kappa shape index (κ1) is 11.7. The number of fused-ring (bicyclic) bond motifs is 1. The minimum absolute atomic E-state index is 0.0218. The molecule has 1 saturated heterocycles. The number of rotatable bonds is 3. The highest BCUT2D eigenvalue weighted by Crippen LogP contribution is 2.34. The van der Waals surface area contributed by atoms with Crippen molar-refractivity contribution in [1.82, 2.24) is 0 Å². The van der Waals surface area contributed by atoms with Crippen molar-refractivity contribution >= 4 is 10.8 Å². The lowest BCUT2D eigenvalue weighted by molar-refractivity contribution is -0.131. The Morgan fingerprint density at radius 1 is 1.11 bits per heavy atom. The van der Waals surface area contributed by atoms with Crippen molar-refractivity contribution in [3.63, 3.8) is 0 Å². The van der Waals surface area contributed by atoms with E-state index in [1.807, 2.05) is 6.92 Å². The van der Waals surface area contributed by atoms with Crippen LogP contribution < -0.4 is 0 Å². The molecule has 0 spiro atoms. The van der Waals surface area contributed by atoms with E-state index in [1.165, 1.54) is 16.3 Å². The SMILES string of the molecule is CCO[C@@H]1CC[C@H](c2ccc3ccccc3c2)O1. The monoisotopic (exact) mass is 242 g/mol. The summed E-state index contributed by atoms with van der Waals surface area (Å²) in [5.41, 5.74) is 1.26. The average Bonchev–Trinajstić information content (AvgIpc) is 2.87. The Balaban J connectivity index is 1.82. The second kappa shape index (κ2) is 5.09. The van der Waals surface area contributed by atoms with E-state index in [9.17, 15) is 0 Å². The van der Waals surface area contributed by atoms with E-state index in [0.717, 1.165) is 19.4 Å². The van der Waals surface area contributed by atoms with Crippen LogP contribution >= 0.6 is 0 Å². The fourth-order valence-corrected chi connectivity index (χ4v) is 2.57. The van der Waals surface area contributed by atoms with E-state index >= 15 is 0 Å². The molecule has 0 unspecified atom stereocenters. The van der Waals surface area contributed by atoms with Crippen LogP contribution in [-0.2, 0) is 9.47 Å². The quantitative estimate of drug-likeness (QED) is 0.808. The second-order valence-corrected chi connectivity index (χ2v) is 4.69. The molecule has 2 aromatic carbocycles. The molecule has 1 heterocycles. The van der Waals surface area contributed by atoms with Crippen molar-refractivity contribution in [2.45, 2.75) is 32.2 Å². The van der Waals surface area contributed by atoms with Crippen molar-refractivity contribution < 1.29 is 9.47 Å². The van der Waals surface area contributed by atoms with Gasteiger partial charge in [0.1, 0.15) is 0 Å². The highest BCUT2D eigenvalue weighted by atomic mass is 16.7. The van der Waals surface area contributed by atoms with Crippen molar-refractivity contribution in [3.05, 3.63) is 48.0 Å². The zero-order valence-electron chi connectivity index (χ0n) is 10.6. The third-order valence-corrected chi connectivity index (χ3v) is 3.48. The summed E-state index contributed by atoms with van der Waals surface area (Å²) in [4.78, 5) is 0. The zero-order chi connectivity index (χ0) is 12.4. The summed E-state index contributed by atoms with van der Waals surface area (Å²) in [5, 5.41) is 2.55. The van der Waals surface area contributed by atoms with Crippen molar-refractivity contribution in [3.8, 4) is 0 Å². The van der Waals surface area contributed by atoms with E-state index < -0.39 is 0 Å². The van der Waals surface area contributed by atoms with E-state index in [0.29, 0.717) is 0 Å². The van der Waals surface area contributed by atoms with Crippen LogP contribution in [0.1, 0.15) is 31.4 Å². The van der Waals surface area contributed by atoms with Crippen LogP contribution in [0.25, 0.3) is 10.8 Å². The minimum Gasteiger partial charge on any atom is -0.353 e. The van der Waals surface area contributed by atoms with Gasteiger partial charge in [0, 0.05) is 13.0 Å². The summed E-state index contributed by atoms with van der Waals surface area (Å²) >= 11 is 0. The number of ether oxygens (including phenoxy) is 2. The van der Waals surface area contributed by atoms with Crippen LogP contribution in [-0.4, -0.2) is 12.9 Å². The third-order valence-electron chi connectivity index (χ3n) is 3.48. The van der Waals surface area contributed by atoms with Gasteiger partial charge >= 0.3 is 0 Å². The summed E-state index contributed by atoms with van der Waals surface area (Å²) in [5.74, 6) is 0. The molecule has 1 aliphatic rings. The first-order chi connectivity index (χ1) is 8.86.